The second kappa shape index (κ2) is 16.1. The van der Waals surface area contributed by atoms with E-state index in [4.69, 9.17) is 5.73 Å². The van der Waals surface area contributed by atoms with Crippen molar-refractivity contribution < 1.29 is 23.5 Å². The highest BCUT2D eigenvalue weighted by Crippen LogP contribution is 2.19. The van der Waals surface area contributed by atoms with Gasteiger partial charge in [0, 0.05) is 49.4 Å². The van der Waals surface area contributed by atoms with E-state index in [-0.39, 0.29) is 31.3 Å². The summed E-state index contributed by atoms with van der Waals surface area (Å²) < 4.78 is 27.5. The van der Waals surface area contributed by atoms with Crippen LogP contribution >= 0.6 is 0 Å². The fourth-order valence-electron chi connectivity index (χ4n) is 5.18. The first-order valence-corrected chi connectivity index (χ1v) is 14.8. The van der Waals surface area contributed by atoms with Crippen LogP contribution in [0.3, 0.4) is 0 Å². The number of aliphatic hydroxyl groups is 1. The number of allylic oxidation sites excluding steroid dienone is 1. The minimum atomic E-state index is -1.19. The Hall–Kier alpha value is -3.88. The number of rotatable bonds is 14. The smallest absolute Gasteiger partial charge is 0.254 e. The van der Waals surface area contributed by atoms with Crippen LogP contribution in [0.25, 0.3) is 6.08 Å². The summed E-state index contributed by atoms with van der Waals surface area (Å²) in [6.45, 7) is 9.10. The monoisotopic (exact) mass is 591 g/mol. The second-order valence-corrected chi connectivity index (χ2v) is 11.0. The molecule has 3 rings (SSSR count). The van der Waals surface area contributed by atoms with Crippen LogP contribution in [0, 0.1) is 18.6 Å². The molecule has 0 aliphatic carbocycles. The first-order chi connectivity index (χ1) is 20.5. The summed E-state index contributed by atoms with van der Waals surface area (Å²) >= 11 is 0. The summed E-state index contributed by atoms with van der Waals surface area (Å²) in [7, 11) is 0. The van der Waals surface area contributed by atoms with E-state index in [2.05, 4.69) is 0 Å². The highest BCUT2D eigenvalue weighted by molar-refractivity contribution is 6.00. The molecule has 0 aromatic heterocycles. The molecule has 230 valence electrons. The maximum absolute atomic E-state index is 14.0. The zero-order valence-electron chi connectivity index (χ0n) is 25.5. The molecule has 0 aliphatic rings. The average Bonchev–Trinajstić information content (AvgIpc) is 2.95. The van der Waals surface area contributed by atoms with E-state index in [1.54, 1.807) is 23.1 Å². The number of amides is 2. The second-order valence-electron chi connectivity index (χ2n) is 11.0. The van der Waals surface area contributed by atoms with Gasteiger partial charge in [-0.15, -0.1) is 0 Å². The Balaban J connectivity index is 1.93. The number of aliphatic hydroxyl groups excluding tert-OH is 1. The van der Waals surface area contributed by atoms with Gasteiger partial charge in [0.1, 0.15) is 11.6 Å². The molecule has 6 nitrogen and oxygen atoms in total. The maximum Gasteiger partial charge on any atom is 0.254 e. The molecule has 0 radical (unpaired) electrons. The third kappa shape index (κ3) is 9.83. The van der Waals surface area contributed by atoms with Crippen molar-refractivity contribution in [3.05, 3.63) is 112 Å². The van der Waals surface area contributed by atoms with Gasteiger partial charge in [0.2, 0.25) is 0 Å². The van der Waals surface area contributed by atoms with Crippen LogP contribution in [0.15, 0.2) is 66.7 Å². The molecule has 0 bridgehead atoms. The third-order valence-electron chi connectivity index (χ3n) is 7.11. The van der Waals surface area contributed by atoms with E-state index in [1.807, 2.05) is 64.1 Å². The minimum absolute atomic E-state index is 0.0163. The number of carbonyl (C=O) groups excluding carboxylic acids is 2. The molecule has 3 N–H and O–H groups in total. The summed E-state index contributed by atoms with van der Waals surface area (Å²) in [5.41, 5.74) is 9.93. The van der Waals surface area contributed by atoms with E-state index in [1.165, 1.54) is 17.0 Å². The lowest BCUT2D eigenvalue weighted by atomic mass is 10.00. The van der Waals surface area contributed by atoms with Gasteiger partial charge >= 0.3 is 0 Å². The van der Waals surface area contributed by atoms with Crippen molar-refractivity contribution in [3.8, 4) is 0 Å². The number of nitrogens with two attached hydrogens (primary N) is 1. The Bertz CT molecular complexity index is 1400. The molecule has 0 fully saturated rings. The van der Waals surface area contributed by atoms with Crippen molar-refractivity contribution in [2.75, 3.05) is 19.6 Å². The Morgan fingerprint density at radius 3 is 2.07 bits per heavy atom. The normalized spacial score (nSPS) is 12.7. The lowest BCUT2D eigenvalue weighted by Gasteiger charge is -2.29. The zero-order valence-corrected chi connectivity index (χ0v) is 25.5. The maximum atomic E-state index is 14.0. The van der Waals surface area contributed by atoms with Crippen LogP contribution < -0.4 is 5.73 Å². The van der Waals surface area contributed by atoms with Crippen molar-refractivity contribution in [1.82, 2.24) is 9.80 Å². The van der Waals surface area contributed by atoms with Gasteiger partial charge in [-0.3, -0.25) is 9.59 Å². The van der Waals surface area contributed by atoms with E-state index >= 15 is 0 Å². The fourth-order valence-corrected chi connectivity index (χ4v) is 5.18. The van der Waals surface area contributed by atoms with Crippen LogP contribution in [0.5, 0.6) is 0 Å². The molecule has 0 heterocycles. The number of hydrogen-bond acceptors (Lipinski definition) is 4. The first-order valence-electron chi connectivity index (χ1n) is 14.8. The highest BCUT2D eigenvalue weighted by Gasteiger charge is 2.25. The lowest BCUT2D eigenvalue weighted by Crippen LogP contribution is -2.46. The Labute approximate surface area is 253 Å². The first kappa shape index (κ1) is 33.6. The van der Waals surface area contributed by atoms with Gasteiger partial charge in [0.25, 0.3) is 11.8 Å². The standard InChI is InChI=1S/C35H43F2N3O3/c1-5-9-25-10-8-11-26(16-25)22-40(23-33(41)32(38)19-27-17-30(36)21-31(37)18-27)35(43)29-15-24(4)14-28(20-29)34(42)39(12-6-2)13-7-3/h5,8-11,14-18,20-21,32-33,41H,6-7,12-13,19,22-23,38H2,1-4H3/t32-,33+/m0/s1. The van der Waals surface area contributed by atoms with Gasteiger partial charge in [0.15, 0.2) is 0 Å². The van der Waals surface area contributed by atoms with E-state index < -0.39 is 23.8 Å². The number of nitrogens with zero attached hydrogens (tertiary/aromatic N) is 2. The molecule has 43 heavy (non-hydrogen) atoms. The average molecular weight is 592 g/mol. The molecule has 3 aromatic rings. The Kier molecular flexibility index (Phi) is 12.6. The summed E-state index contributed by atoms with van der Waals surface area (Å²) in [5.74, 6) is -1.95. The topological polar surface area (TPSA) is 86.9 Å². The largest absolute Gasteiger partial charge is 0.390 e. The molecule has 0 saturated carbocycles. The van der Waals surface area contributed by atoms with Crippen LogP contribution in [0.4, 0.5) is 8.78 Å². The van der Waals surface area contributed by atoms with Gasteiger partial charge in [-0.1, -0.05) is 44.2 Å². The van der Waals surface area contributed by atoms with Gasteiger partial charge in [-0.05, 0) is 91.8 Å². The number of carbonyl (C=O) groups is 2. The van der Waals surface area contributed by atoms with E-state index in [9.17, 15) is 23.5 Å². The van der Waals surface area contributed by atoms with Gasteiger partial charge in [0.05, 0.1) is 6.10 Å². The third-order valence-corrected chi connectivity index (χ3v) is 7.11. The molecule has 0 unspecified atom stereocenters. The number of benzene rings is 3. The molecule has 0 spiro atoms. The fraction of sp³-hybridized carbons (Fsp3) is 0.371. The number of aryl methyl sites for hydroxylation is 1. The van der Waals surface area contributed by atoms with Crippen LogP contribution in [0.2, 0.25) is 0 Å². The quantitative estimate of drug-likeness (QED) is 0.236. The number of halogens is 2. The predicted molar refractivity (Wildman–Crippen MR) is 168 cm³/mol. The summed E-state index contributed by atoms with van der Waals surface area (Å²) in [6, 6.07) is 15.1. The van der Waals surface area contributed by atoms with Crippen molar-refractivity contribution in [2.24, 2.45) is 5.73 Å². The van der Waals surface area contributed by atoms with Gasteiger partial charge in [-0.2, -0.15) is 0 Å². The Morgan fingerprint density at radius 1 is 0.884 bits per heavy atom. The lowest BCUT2D eigenvalue weighted by molar-refractivity contribution is 0.0554. The molecular formula is C35H43F2N3O3. The van der Waals surface area contributed by atoms with Crippen molar-refractivity contribution in [1.29, 1.82) is 0 Å². The van der Waals surface area contributed by atoms with Crippen molar-refractivity contribution in [3.63, 3.8) is 0 Å². The molecule has 2 amide bonds. The summed E-state index contributed by atoms with van der Waals surface area (Å²) in [4.78, 5) is 30.7. The van der Waals surface area contributed by atoms with Crippen LogP contribution in [0.1, 0.15) is 76.6 Å². The molecular weight excluding hydrogens is 548 g/mol. The van der Waals surface area contributed by atoms with Crippen LogP contribution in [-0.2, 0) is 13.0 Å². The SMILES string of the molecule is CC=Cc1cccc(CN(C[C@@H](O)[C@@H](N)Cc2cc(F)cc(F)c2)C(=O)c2cc(C)cc(C(=O)N(CCC)CCC)c2)c1. The van der Waals surface area contributed by atoms with Crippen molar-refractivity contribution >= 4 is 17.9 Å². The highest BCUT2D eigenvalue weighted by atomic mass is 19.1. The molecule has 8 heteroatoms. The zero-order chi connectivity index (χ0) is 31.5. The minimum Gasteiger partial charge on any atom is -0.390 e. The summed E-state index contributed by atoms with van der Waals surface area (Å²) in [5, 5.41) is 11.1. The number of hydrogen-bond donors (Lipinski definition) is 2. The van der Waals surface area contributed by atoms with E-state index in [0.29, 0.717) is 29.8 Å². The molecule has 0 saturated heterocycles. The molecule has 2 atom stereocenters. The van der Waals surface area contributed by atoms with Crippen molar-refractivity contribution in [2.45, 2.75) is 65.6 Å². The predicted octanol–water partition coefficient (Wildman–Crippen LogP) is 6.14. The van der Waals surface area contributed by atoms with Gasteiger partial charge in [-0.25, -0.2) is 8.78 Å². The molecule has 3 aromatic carbocycles. The van der Waals surface area contributed by atoms with Gasteiger partial charge < -0.3 is 20.6 Å². The van der Waals surface area contributed by atoms with Crippen LogP contribution in [-0.4, -0.2) is 58.5 Å². The van der Waals surface area contributed by atoms with E-state index in [0.717, 1.165) is 35.6 Å². The summed E-state index contributed by atoms with van der Waals surface area (Å²) in [6.07, 6.45) is 4.35. The Morgan fingerprint density at radius 2 is 1.49 bits per heavy atom. The molecule has 0 aliphatic heterocycles.